The molecule has 0 bridgehead atoms. The summed E-state index contributed by atoms with van der Waals surface area (Å²) in [5.74, 6) is 1.73. The lowest BCUT2D eigenvalue weighted by molar-refractivity contribution is 0.415. The van der Waals surface area contributed by atoms with Gasteiger partial charge in [-0.1, -0.05) is 19.4 Å². The molecule has 0 aliphatic rings. The number of anilines is 3. The second kappa shape index (κ2) is 5.86. The average Bonchev–Trinajstić information content (AvgIpc) is 2.73. The number of aromatic nitrogens is 2. The molecular weight excluding hydrogens is 252 g/mol. The number of aryl methyl sites for hydroxylation is 2. The lowest BCUT2D eigenvalue weighted by Gasteiger charge is -2.20. The minimum atomic E-state index is 0.750. The van der Waals surface area contributed by atoms with Crippen molar-refractivity contribution >= 4 is 17.2 Å². The minimum absolute atomic E-state index is 0.750. The molecule has 108 valence electrons. The summed E-state index contributed by atoms with van der Waals surface area (Å²) in [7, 11) is 5.57. The maximum Gasteiger partial charge on any atom is 0.154 e. The molecule has 2 aromatic rings. The molecule has 0 radical (unpaired) electrons. The van der Waals surface area contributed by atoms with Crippen molar-refractivity contribution in [3.05, 3.63) is 30.0 Å². The number of benzene rings is 1. The molecule has 1 heterocycles. The number of nitrogen functional groups attached to an aromatic ring is 1. The average molecular weight is 274 g/mol. The van der Waals surface area contributed by atoms with Gasteiger partial charge in [-0.15, -0.1) is 0 Å². The van der Waals surface area contributed by atoms with Gasteiger partial charge in [-0.3, -0.25) is 4.68 Å². The zero-order chi connectivity index (χ0) is 14.7. The molecule has 5 nitrogen and oxygen atoms in total. The van der Waals surface area contributed by atoms with E-state index in [-0.39, 0.29) is 0 Å². The highest BCUT2D eigenvalue weighted by Gasteiger charge is 2.17. The van der Waals surface area contributed by atoms with Crippen molar-refractivity contribution in [3.63, 3.8) is 0 Å². The molecule has 5 heteroatoms. The van der Waals surface area contributed by atoms with Crippen LogP contribution in [0.25, 0.3) is 0 Å². The molecule has 1 aromatic carbocycles. The van der Waals surface area contributed by atoms with Gasteiger partial charge in [-0.05, 0) is 18.6 Å². The summed E-state index contributed by atoms with van der Waals surface area (Å²) < 4.78 is 7.10. The van der Waals surface area contributed by atoms with Crippen molar-refractivity contribution in [1.29, 1.82) is 0 Å². The van der Waals surface area contributed by atoms with E-state index in [2.05, 4.69) is 12.0 Å². The highest BCUT2D eigenvalue weighted by Crippen LogP contribution is 2.32. The third-order valence-electron chi connectivity index (χ3n) is 3.37. The van der Waals surface area contributed by atoms with Crippen LogP contribution in [0.3, 0.4) is 0 Å². The van der Waals surface area contributed by atoms with Crippen LogP contribution in [0.1, 0.15) is 19.0 Å². The predicted octanol–water partition coefficient (Wildman–Crippen LogP) is 2.73. The lowest BCUT2D eigenvalue weighted by atomic mass is 10.2. The second-order valence-corrected chi connectivity index (χ2v) is 4.82. The Kier molecular flexibility index (Phi) is 4.17. The number of hydrogen-bond donors (Lipinski definition) is 1. The highest BCUT2D eigenvalue weighted by molar-refractivity contribution is 5.73. The van der Waals surface area contributed by atoms with Crippen LogP contribution in [-0.4, -0.2) is 23.9 Å². The van der Waals surface area contributed by atoms with Crippen molar-refractivity contribution in [2.75, 3.05) is 24.8 Å². The Hall–Kier alpha value is -2.17. The van der Waals surface area contributed by atoms with E-state index in [4.69, 9.17) is 10.5 Å². The van der Waals surface area contributed by atoms with Gasteiger partial charge >= 0.3 is 0 Å². The second-order valence-electron chi connectivity index (χ2n) is 4.82. The maximum atomic E-state index is 6.24. The lowest BCUT2D eigenvalue weighted by Crippen LogP contribution is -2.15. The summed E-state index contributed by atoms with van der Waals surface area (Å²) in [4.78, 5) is 2.03. The third kappa shape index (κ3) is 2.57. The van der Waals surface area contributed by atoms with Crippen molar-refractivity contribution in [2.45, 2.75) is 19.8 Å². The van der Waals surface area contributed by atoms with Gasteiger partial charge in [0.1, 0.15) is 5.75 Å². The Morgan fingerprint density at radius 2 is 2.15 bits per heavy atom. The van der Waals surface area contributed by atoms with Gasteiger partial charge in [0.2, 0.25) is 0 Å². The predicted molar refractivity (Wildman–Crippen MR) is 82.7 cm³/mol. The van der Waals surface area contributed by atoms with Crippen LogP contribution in [0.2, 0.25) is 0 Å². The van der Waals surface area contributed by atoms with Crippen LogP contribution >= 0.6 is 0 Å². The first kappa shape index (κ1) is 14.2. The summed E-state index contributed by atoms with van der Waals surface area (Å²) in [6.45, 7) is 2.12. The molecule has 2 rings (SSSR count). The van der Waals surface area contributed by atoms with Gasteiger partial charge in [-0.2, -0.15) is 5.10 Å². The number of rotatable bonds is 5. The molecule has 0 amide bonds. The Morgan fingerprint density at radius 1 is 1.40 bits per heavy atom. The van der Waals surface area contributed by atoms with Gasteiger partial charge in [-0.25, -0.2) is 0 Å². The van der Waals surface area contributed by atoms with Crippen LogP contribution in [0, 0.1) is 0 Å². The number of methoxy groups -OCH3 is 1. The van der Waals surface area contributed by atoms with Gasteiger partial charge < -0.3 is 15.4 Å². The monoisotopic (exact) mass is 274 g/mol. The Morgan fingerprint density at radius 3 is 2.80 bits per heavy atom. The van der Waals surface area contributed by atoms with Crippen molar-refractivity contribution in [2.24, 2.45) is 7.05 Å². The first-order chi connectivity index (χ1) is 9.58. The van der Waals surface area contributed by atoms with Crippen LogP contribution in [0.4, 0.5) is 17.2 Å². The van der Waals surface area contributed by atoms with Crippen LogP contribution < -0.4 is 15.4 Å². The Labute approximate surface area is 119 Å². The Bertz CT molecular complexity index is 592. The summed E-state index contributed by atoms with van der Waals surface area (Å²) >= 11 is 0. The summed E-state index contributed by atoms with van der Waals surface area (Å²) in [6, 6.07) is 7.89. The third-order valence-corrected chi connectivity index (χ3v) is 3.37. The van der Waals surface area contributed by atoms with Gasteiger partial charge in [0.15, 0.2) is 5.82 Å². The number of ether oxygens (including phenoxy) is 1. The van der Waals surface area contributed by atoms with Crippen molar-refractivity contribution in [3.8, 4) is 5.75 Å². The fourth-order valence-electron chi connectivity index (χ4n) is 2.35. The minimum Gasteiger partial charge on any atom is -0.497 e. The molecule has 0 aliphatic heterocycles. The molecule has 1 aromatic heterocycles. The molecule has 0 fully saturated rings. The van der Waals surface area contributed by atoms with Crippen LogP contribution in [0.15, 0.2) is 24.3 Å². The number of hydrogen-bond acceptors (Lipinski definition) is 4. The van der Waals surface area contributed by atoms with Crippen molar-refractivity contribution < 1.29 is 4.74 Å². The van der Waals surface area contributed by atoms with E-state index in [1.54, 1.807) is 7.11 Å². The standard InChI is InChI=1S/C15H22N4O/c1-5-7-13-14(16)15(19(3)17-13)18(2)11-8-6-9-12(10-11)20-4/h6,8-10H,5,7,16H2,1-4H3. The fourth-order valence-corrected chi connectivity index (χ4v) is 2.35. The van der Waals surface area contributed by atoms with Crippen LogP contribution in [-0.2, 0) is 13.5 Å². The number of nitrogens with two attached hydrogens (primary N) is 1. The van der Waals surface area contributed by atoms with E-state index < -0.39 is 0 Å². The van der Waals surface area contributed by atoms with E-state index in [1.165, 1.54) is 0 Å². The first-order valence-corrected chi connectivity index (χ1v) is 6.77. The van der Waals surface area contributed by atoms with Gasteiger partial charge in [0, 0.05) is 25.8 Å². The highest BCUT2D eigenvalue weighted by atomic mass is 16.5. The molecule has 0 saturated carbocycles. The molecule has 0 saturated heterocycles. The first-order valence-electron chi connectivity index (χ1n) is 6.77. The maximum absolute atomic E-state index is 6.24. The van der Waals surface area contributed by atoms with E-state index in [1.807, 2.05) is 47.9 Å². The molecule has 2 N–H and O–H groups in total. The molecule has 0 unspecified atom stereocenters. The van der Waals surface area contributed by atoms with E-state index in [9.17, 15) is 0 Å². The topological polar surface area (TPSA) is 56.3 Å². The van der Waals surface area contributed by atoms with E-state index in [0.29, 0.717) is 0 Å². The van der Waals surface area contributed by atoms with E-state index >= 15 is 0 Å². The summed E-state index contributed by atoms with van der Waals surface area (Å²) in [5, 5.41) is 4.51. The SMILES string of the molecule is CCCc1nn(C)c(N(C)c2cccc(OC)c2)c1N. The van der Waals surface area contributed by atoms with E-state index in [0.717, 1.165) is 41.5 Å². The molecular formula is C15H22N4O. The molecule has 0 spiro atoms. The zero-order valence-corrected chi connectivity index (χ0v) is 12.6. The van der Waals surface area contributed by atoms with Gasteiger partial charge in [0.25, 0.3) is 0 Å². The Balaban J connectivity index is 2.39. The quantitative estimate of drug-likeness (QED) is 0.911. The fraction of sp³-hybridized carbons (Fsp3) is 0.400. The summed E-state index contributed by atoms with van der Waals surface area (Å²) in [5.41, 5.74) is 8.97. The largest absolute Gasteiger partial charge is 0.497 e. The number of nitrogens with zero attached hydrogens (tertiary/aromatic N) is 3. The van der Waals surface area contributed by atoms with Crippen molar-refractivity contribution in [1.82, 2.24) is 9.78 Å². The molecule has 0 aliphatic carbocycles. The molecule has 20 heavy (non-hydrogen) atoms. The zero-order valence-electron chi connectivity index (χ0n) is 12.6. The summed E-state index contributed by atoms with van der Waals surface area (Å²) in [6.07, 6.45) is 1.93. The smallest absolute Gasteiger partial charge is 0.154 e. The normalized spacial score (nSPS) is 10.6. The van der Waals surface area contributed by atoms with Crippen LogP contribution in [0.5, 0.6) is 5.75 Å². The van der Waals surface area contributed by atoms with Gasteiger partial charge in [0.05, 0.1) is 18.5 Å². The molecule has 0 atom stereocenters.